The Hall–Kier alpha value is -3.90. The van der Waals surface area contributed by atoms with Crippen LogP contribution in [0.4, 0.5) is 0 Å². The fourth-order valence-electron chi connectivity index (χ4n) is 3.63. The van der Waals surface area contributed by atoms with Gasteiger partial charge in [0.25, 0.3) is 5.89 Å². The highest BCUT2D eigenvalue weighted by Crippen LogP contribution is 2.29. The van der Waals surface area contributed by atoms with Crippen molar-refractivity contribution in [1.82, 2.24) is 14.5 Å². The molecule has 5 aromatic rings. The second-order valence-corrected chi connectivity index (χ2v) is 7.70. The highest BCUT2D eigenvalue weighted by Gasteiger charge is 2.22. The number of benzene rings is 2. The lowest BCUT2D eigenvalue weighted by atomic mass is 10.1. The first-order valence-electron chi connectivity index (χ1n) is 9.95. The Morgan fingerprint density at radius 1 is 1.09 bits per heavy atom. The number of aromatic nitrogens is 3. The summed E-state index contributed by atoms with van der Waals surface area (Å²) in [4.78, 5) is 22.0. The molecule has 7 heteroatoms. The van der Waals surface area contributed by atoms with Gasteiger partial charge in [-0.3, -0.25) is 9.78 Å². The molecule has 0 fully saturated rings. The lowest BCUT2D eigenvalue weighted by molar-refractivity contribution is 0.100. The van der Waals surface area contributed by atoms with Crippen LogP contribution in [-0.2, 0) is 6.54 Å². The number of hydrogen-bond acceptors (Lipinski definition) is 5. The Kier molecular flexibility index (Phi) is 5.21. The normalized spacial score (nSPS) is 11.1. The number of nitrogens with zero attached hydrogens (tertiary/aromatic N) is 3. The van der Waals surface area contributed by atoms with Crippen molar-refractivity contribution in [1.29, 1.82) is 0 Å². The first-order chi connectivity index (χ1) is 15.6. The zero-order chi connectivity index (χ0) is 22.1. The molecule has 0 saturated heterocycles. The minimum atomic E-state index is -0.305. The Bertz CT molecular complexity index is 1410. The van der Waals surface area contributed by atoms with Gasteiger partial charge in [-0.25, -0.2) is 4.98 Å². The van der Waals surface area contributed by atoms with Crippen molar-refractivity contribution in [3.63, 3.8) is 0 Å². The zero-order valence-corrected chi connectivity index (χ0v) is 17.9. The van der Waals surface area contributed by atoms with Crippen molar-refractivity contribution in [3.8, 4) is 17.1 Å². The van der Waals surface area contributed by atoms with Gasteiger partial charge in [-0.15, -0.1) is 0 Å². The molecule has 5 rings (SSSR count). The van der Waals surface area contributed by atoms with Gasteiger partial charge in [0.15, 0.2) is 0 Å². The number of fused-ring (bicyclic) bond motifs is 1. The van der Waals surface area contributed by atoms with Crippen LogP contribution in [0, 0.1) is 0 Å². The van der Waals surface area contributed by atoms with E-state index >= 15 is 0 Å². The van der Waals surface area contributed by atoms with Gasteiger partial charge in [-0.05, 0) is 48.0 Å². The fourth-order valence-corrected chi connectivity index (χ4v) is 3.75. The van der Waals surface area contributed by atoms with Gasteiger partial charge in [0.05, 0.1) is 18.4 Å². The third kappa shape index (κ3) is 3.76. The second kappa shape index (κ2) is 8.32. The molecule has 0 amide bonds. The molecule has 6 nitrogen and oxygen atoms in total. The van der Waals surface area contributed by atoms with E-state index in [0.717, 1.165) is 16.5 Å². The van der Waals surface area contributed by atoms with Gasteiger partial charge >= 0.3 is 0 Å². The van der Waals surface area contributed by atoms with E-state index in [9.17, 15) is 4.79 Å². The first-order valence-corrected chi connectivity index (χ1v) is 10.3. The molecule has 32 heavy (non-hydrogen) atoms. The number of carbonyl (C=O) groups excluding carboxylic acids is 1. The third-order valence-corrected chi connectivity index (χ3v) is 5.48. The topological polar surface area (TPSA) is 70.2 Å². The standard InChI is InChI=1S/C25H18ClN3O3/c1-31-18-9-10-23-19(12-18)20(14-29(23)13-16-5-7-17(26)8-6-16)24(30)25-28-22(15-32-25)21-4-2-3-11-27-21/h2-12,14-15H,13H2,1H3. The number of rotatable bonds is 6. The maximum atomic E-state index is 13.4. The molecule has 0 N–H and O–H groups in total. The summed E-state index contributed by atoms with van der Waals surface area (Å²) in [7, 11) is 1.60. The Labute approximate surface area is 189 Å². The number of pyridine rings is 1. The molecule has 0 aliphatic carbocycles. The van der Waals surface area contributed by atoms with Gasteiger partial charge in [0.2, 0.25) is 5.78 Å². The van der Waals surface area contributed by atoms with E-state index in [0.29, 0.717) is 34.3 Å². The van der Waals surface area contributed by atoms with E-state index in [1.807, 2.05) is 71.4 Å². The van der Waals surface area contributed by atoms with E-state index in [2.05, 4.69) is 9.97 Å². The predicted octanol–water partition coefficient (Wildman–Crippen LogP) is 5.63. The SMILES string of the molecule is COc1ccc2c(c1)c(C(=O)c1nc(-c3ccccn3)co1)cn2Cc1ccc(Cl)cc1. The average molecular weight is 444 g/mol. The maximum Gasteiger partial charge on any atom is 0.268 e. The molecule has 0 aliphatic rings. The van der Waals surface area contributed by atoms with Crippen molar-refractivity contribution in [2.75, 3.05) is 7.11 Å². The van der Waals surface area contributed by atoms with Crippen LogP contribution in [-0.4, -0.2) is 27.4 Å². The highest BCUT2D eigenvalue weighted by atomic mass is 35.5. The monoisotopic (exact) mass is 443 g/mol. The second-order valence-electron chi connectivity index (χ2n) is 7.26. The van der Waals surface area contributed by atoms with Crippen LogP contribution in [0.1, 0.15) is 21.8 Å². The molecule has 0 unspecified atom stereocenters. The summed E-state index contributed by atoms with van der Waals surface area (Å²) in [5, 5.41) is 1.44. The van der Waals surface area contributed by atoms with Crippen LogP contribution in [0.5, 0.6) is 5.75 Å². The minimum Gasteiger partial charge on any atom is -0.497 e. The Morgan fingerprint density at radius 3 is 2.69 bits per heavy atom. The Balaban J connectivity index is 1.56. The molecular formula is C25H18ClN3O3. The first kappa shape index (κ1) is 20.0. The summed E-state index contributed by atoms with van der Waals surface area (Å²) < 4.78 is 12.9. The number of ether oxygens (including phenoxy) is 1. The van der Waals surface area contributed by atoms with Gasteiger partial charge in [0.1, 0.15) is 17.7 Å². The van der Waals surface area contributed by atoms with Crippen molar-refractivity contribution in [2.24, 2.45) is 0 Å². The molecule has 0 aliphatic heterocycles. The van der Waals surface area contributed by atoms with Crippen LogP contribution in [0.3, 0.4) is 0 Å². The van der Waals surface area contributed by atoms with Crippen LogP contribution in [0.2, 0.25) is 5.02 Å². The number of methoxy groups -OCH3 is 1. The summed E-state index contributed by atoms with van der Waals surface area (Å²) in [5.41, 5.74) is 3.61. The van der Waals surface area contributed by atoms with E-state index in [1.54, 1.807) is 13.3 Å². The van der Waals surface area contributed by atoms with Crippen LogP contribution >= 0.6 is 11.6 Å². The number of halogens is 1. The van der Waals surface area contributed by atoms with Crippen molar-refractivity contribution >= 4 is 28.3 Å². The molecule has 0 atom stereocenters. The van der Waals surface area contributed by atoms with Crippen LogP contribution < -0.4 is 4.74 Å². The van der Waals surface area contributed by atoms with Gasteiger partial charge in [-0.2, -0.15) is 0 Å². The number of carbonyl (C=O) groups is 1. The van der Waals surface area contributed by atoms with Crippen molar-refractivity contribution in [3.05, 3.63) is 101 Å². The number of ketones is 1. The summed E-state index contributed by atoms with van der Waals surface area (Å²) in [6.07, 6.45) is 4.94. The average Bonchev–Trinajstić information content (AvgIpc) is 3.46. The quantitative estimate of drug-likeness (QED) is 0.318. The van der Waals surface area contributed by atoms with Gasteiger partial charge in [-0.1, -0.05) is 29.8 Å². The highest BCUT2D eigenvalue weighted by molar-refractivity contribution is 6.30. The number of hydrogen-bond donors (Lipinski definition) is 0. The molecule has 0 spiro atoms. The molecule has 2 aromatic carbocycles. The molecule has 158 valence electrons. The molecule has 0 bridgehead atoms. The summed E-state index contributed by atoms with van der Waals surface area (Å²) >= 11 is 6.02. The Morgan fingerprint density at radius 2 is 1.94 bits per heavy atom. The molecule has 3 heterocycles. The molecule has 3 aromatic heterocycles. The van der Waals surface area contributed by atoms with Gasteiger partial charge in [0, 0.05) is 34.9 Å². The van der Waals surface area contributed by atoms with E-state index in [4.69, 9.17) is 20.8 Å². The smallest absolute Gasteiger partial charge is 0.268 e. The van der Waals surface area contributed by atoms with Crippen LogP contribution in [0.15, 0.2) is 83.7 Å². The fraction of sp³-hybridized carbons (Fsp3) is 0.0800. The van der Waals surface area contributed by atoms with E-state index in [1.165, 1.54) is 6.26 Å². The third-order valence-electron chi connectivity index (χ3n) is 5.22. The summed E-state index contributed by atoms with van der Waals surface area (Å²) in [5.74, 6) is 0.372. The number of oxazole rings is 1. The summed E-state index contributed by atoms with van der Waals surface area (Å²) in [6.45, 7) is 0.581. The molecule has 0 saturated carbocycles. The molecular weight excluding hydrogens is 426 g/mol. The molecule has 0 radical (unpaired) electrons. The van der Waals surface area contributed by atoms with Crippen molar-refractivity contribution < 1.29 is 13.9 Å². The lowest BCUT2D eigenvalue weighted by Crippen LogP contribution is -2.02. The van der Waals surface area contributed by atoms with Crippen LogP contribution in [0.25, 0.3) is 22.3 Å². The van der Waals surface area contributed by atoms with E-state index in [-0.39, 0.29) is 11.7 Å². The summed E-state index contributed by atoms with van der Waals surface area (Å²) in [6, 6.07) is 18.8. The minimum absolute atomic E-state index is 0.0130. The van der Waals surface area contributed by atoms with Gasteiger partial charge < -0.3 is 13.7 Å². The maximum absolute atomic E-state index is 13.4. The van der Waals surface area contributed by atoms with E-state index < -0.39 is 0 Å². The predicted molar refractivity (Wildman–Crippen MR) is 122 cm³/mol. The zero-order valence-electron chi connectivity index (χ0n) is 17.2. The largest absolute Gasteiger partial charge is 0.497 e. The lowest BCUT2D eigenvalue weighted by Gasteiger charge is -2.06. The van der Waals surface area contributed by atoms with Crippen molar-refractivity contribution in [2.45, 2.75) is 6.54 Å².